The van der Waals surface area contributed by atoms with Gasteiger partial charge in [-0.2, -0.15) is 0 Å². The van der Waals surface area contributed by atoms with E-state index in [9.17, 15) is 38.7 Å². The first-order chi connectivity index (χ1) is 19.6. The SMILES string of the molecule is C=C1[C@@H](OC(C)=O)[C@@H]2[C@H](OC(C)=O)[C@@](C)(OC(C)=O)C[C@@]2(OC(C)=O)C(=O)[C@@H](C)/C=C/C(C)(C)C(=O)[C@@H](O)[C@@H]1OC(C)=O. The van der Waals surface area contributed by atoms with Crippen LogP contribution in [0.3, 0.4) is 0 Å². The summed E-state index contributed by atoms with van der Waals surface area (Å²) in [7, 11) is 0. The first-order valence-corrected chi connectivity index (χ1v) is 13.6. The molecule has 0 aromatic carbocycles. The number of ether oxygens (including phenoxy) is 5. The van der Waals surface area contributed by atoms with Gasteiger partial charge in [0.05, 0.1) is 5.92 Å². The van der Waals surface area contributed by atoms with Crippen LogP contribution in [0, 0.1) is 17.3 Å². The molecule has 0 aromatic rings. The minimum atomic E-state index is -2.30. The molecule has 238 valence electrons. The third-order valence-corrected chi connectivity index (χ3v) is 7.54. The van der Waals surface area contributed by atoms with Crippen LogP contribution in [0.15, 0.2) is 24.3 Å². The van der Waals surface area contributed by atoms with Crippen LogP contribution in [-0.2, 0) is 57.2 Å². The van der Waals surface area contributed by atoms with E-state index in [2.05, 4.69) is 6.58 Å². The molecule has 2 aliphatic rings. The molecule has 8 atom stereocenters. The molecule has 1 fully saturated rings. The average Bonchev–Trinajstić information content (AvgIpc) is 3.07. The Morgan fingerprint density at radius 1 is 0.791 bits per heavy atom. The molecule has 0 amide bonds. The number of rotatable bonds is 5. The van der Waals surface area contributed by atoms with Gasteiger partial charge in [0.1, 0.15) is 6.10 Å². The van der Waals surface area contributed by atoms with Crippen molar-refractivity contribution in [3.63, 3.8) is 0 Å². The maximum absolute atomic E-state index is 14.5. The summed E-state index contributed by atoms with van der Waals surface area (Å²) in [6.45, 7) is 14.8. The summed E-state index contributed by atoms with van der Waals surface area (Å²) in [5, 5.41) is 11.3. The highest BCUT2D eigenvalue weighted by molar-refractivity contribution is 5.95. The predicted octanol–water partition coefficient (Wildman–Crippen LogP) is 1.71. The summed E-state index contributed by atoms with van der Waals surface area (Å²) in [5.41, 5.74) is -5.96. The van der Waals surface area contributed by atoms with Crippen LogP contribution >= 0.6 is 0 Å². The number of carbonyl (C=O) groups is 7. The van der Waals surface area contributed by atoms with E-state index in [-0.39, 0.29) is 0 Å². The maximum Gasteiger partial charge on any atom is 0.303 e. The van der Waals surface area contributed by atoms with E-state index in [4.69, 9.17) is 23.7 Å². The van der Waals surface area contributed by atoms with Gasteiger partial charge in [0.25, 0.3) is 0 Å². The van der Waals surface area contributed by atoms with E-state index < -0.39 is 106 Å². The number of ketones is 2. The fourth-order valence-corrected chi connectivity index (χ4v) is 5.93. The Kier molecular flexibility index (Phi) is 10.5. The molecule has 0 bridgehead atoms. The van der Waals surface area contributed by atoms with Gasteiger partial charge >= 0.3 is 29.8 Å². The number of fused-ring (bicyclic) bond motifs is 1. The molecular formula is C30H40O13. The standard InChI is InChI=1S/C30H40O13/c1-14-11-12-28(8,9)26(38)22(36)24(40-17(4)32)15(2)23(39-16(3)31)21-27(41-18(5)33)29(10,42-19(6)34)13-30(21,25(14)37)43-20(7)35/h11-12,14,21-24,27,36H,2,13H2,1,3-10H3/b12-11+/t14-,21+,22-,23+,24+,27-,29-,30-/m0/s1. The molecular weight excluding hydrogens is 568 g/mol. The summed E-state index contributed by atoms with van der Waals surface area (Å²) < 4.78 is 28.0. The van der Waals surface area contributed by atoms with E-state index in [0.29, 0.717) is 0 Å². The molecule has 0 heterocycles. The predicted molar refractivity (Wildman–Crippen MR) is 147 cm³/mol. The zero-order valence-corrected chi connectivity index (χ0v) is 25.9. The highest BCUT2D eigenvalue weighted by atomic mass is 16.6. The molecule has 13 heteroatoms. The normalized spacial score (nSPS) is 34.9. The molecule has 0 spiro atoms. The van der Waals surface area contributed by atoms with Crippen molar-refractivity contribution in [2.75, 3.05) is 0 Å². The van der Waals surface area contributed by atoms with Crippen molar-refractivity contribution < 1.29 is 62.4 Å². The number of hydrogen-bond acceptors (Lipinski definition) is 13. The Bertz CT molecular complexity index is 1250. The molecule has 1 saturated carbocycles. The van der Waals surface area contributed by atoms with Gasteiger partial charge < -0.3 is 28.8 Å². The number of esters is 5. The molecule has 43 heavy (non-hydrogen) atoms. The van der Waals surface area contributed by atoms with E-state index in [1.54, 1.807) is 0 Å². The maximum atomic E-state index is 14.5. The van der Waals surface area contributed by atoms with Gasteiger partial charge in [-0.3, -0.25) is 33.6 Å². The van der Waals surface area contributed by atoms with Gasteiger partial charge in [-0.1, -0.05) is 25.7 Å². The average molecular weight is 609 g/mol. The minimum Gasteiger partial charge on any atom is -0.458 e. The van der Waals surface area contributed by atoms with Crippen molar-refractivity contribution >= 4 is 41.4 Å². The first kappa shape index (κ1) is 35.3. The number of Topliss-reactive ketones (excluding diaryl/α,β-unsaturated/α-hetero) is 2. The lowest BCUT2D eigenvalue weighted by molar-refractivity contribution is -0.190. The first-order valence-electron chi connectivity index (χ1n) is 13.6. The summed E-state index contributed by atoms with van der Waals surface area (Å²) >= 11 is 0. The lowest BCUT2D eigenvalue weighted by Gasteiger charge is -2.42. The summed E-state index contributed by atoms with van der Waals surface area (Å²) in [4.78, 5) is 90.1. The second-order valence-corrected chi connectivity index (χ2v) is 11.8. The molecule has 2 aliphatic carbocycles. The molecule has 0 saturated heterocycles. The van der Waals surface area contributed by atoms with E-state index in [1.807, 2.05) is 0 Å². The van der Waals surface area contributed by atoms with Crippen LogP contribution in [0.1, 0.15) is 68.7 Å². The molecule has 0 unspecified atom stereocenters. The Morgan fingerprint density at radius 2 is 1.28 bits per heavy atom. The number of allylic oxidation sites excluding steroid dienone is 2. The molecule has 0 aromatic heterocycles. The monoisotopic (exact) mass is 608 g/mol. The lowest BCUT2D eigenvalue weighted by atomic mass is 9.72. The molecule has 13 nitrogen and oxygen atoms in total. The largest absolute Gasteiger partial charge is 0.458 e. The third-order valence-electron chi connectivity index (χ3n) is 7.54. The number of hydrogen-bond donors (Lipinski definition) is 1. The highest BCUT2D eigenvalue weighted by Crippen LogP contribution is 2.53. The van der Waals surface area contributed by atoms with Crippen molar-refractivity contribution in [2.24, 2.45) is 17.3 Å². The van der Waals surface area contributed by atoms with Crippen molar-refractivity contribution in [1.82, 2.24) is 0 Å². The topological polar surface area (TPSA) is 186 Å². The van der Waals surface area contributed by atoms with Crippen molar-refractivity contribution in [2.45, 2.75) is 104 Å². The van der Waals surface area contributed by atoms with Crippen molar-refractivity contribution in [3.8, 4) is 0 Å². The van der Waals surface area contributed by atoms with Gasteiger partial charge in [0.2, 0.25) is 0 Å². The Balaban J connectivity index is 3.14. The number of aliphatic hydroxyl groups excluding tert-OH is 1. The number of aliphatic hydroxyl groups is 1. The van der Waals surface area contributed by atoms with E-state index in [1.165, 1.54) is 39.8 Å². The van der Waals surface area contributed by atoms with Crippen LogP contribution < -0.4 is 0 Å². The molecule has 0 radical (unpaired) electrons. The summed E-state index contributed by atoms with van der Waals surface area (Å²) in [6.07, 6.45) is -5.13. The minimum absolute atomic E-state index is 0.391. The van der Waals surface area contributed by atoms with Crippen LogP contribution in [0.25, 0.3) is 0 Å². The third kappa shape index (κ3) is 7.38. The van der Waals surface area contributed by atoms with Gasteiger partial charge in [-0.25, -0.2) is 0 Å². The van der Waals surface area contributed by atoms with Crippen molar-refractivity contribution in [1.29, 1.82) is 0 Å². The Morgan fingerprint density at radius 3 is 1.74 bits per heavy atom. The summed E-state index contributed by atoms with van der Waals surface area (Å²) in [5.74, 6) is -8.92. The smallest absolute Gasteiger partial charge is 0.303 e. The fourth-order valence-electron chi connectivity index (χ4n) is 5.93. The van der Waals surface area contributed by atoms with Crippen LogP contribution in [0.2, 0.25) is 0 Å². The molecule has 0 aliphatic heterocycles. The van der Waals surface area contributed by atoms with Crippen LogP contribution in [0.5, 0.6) is 0 Å². The molecule has 2 rings (SSSR count). The Labute approximate surface area is 249 Å². The number of carbonyl (C=O) groups excluding carboxylic acids is 7. The Hall–Kier alpha value is -3.87. The van der Waals surface area contributed by atoms with E-state index in [0.717, 1.165) is 34.6 Å². The van der Waals surface area contributed by atoms with Crippen molar-refractivity contribution in [3.05, 3.63) is 24.3 Å². The summed E-state index contributed by atoms with van der Waals surface area (Å²) in [6, 6.07) is 0. The van der Waals surface area contributed by atoms with E-state index >= 15 is 0 Å². The second-order valence-electron chi connectivity index (χ2n) is 11.8. The zero-order valence-electron chi connectivity index (χ0n) is 25.9. The van der Waals surface area contributed by atoms with Crippen LogP contribution in [-0.4, -0.2) is 82.1 Å². The van der Waals surface area contributed by atoms with Gasteiger partial charge in [0, 0.05) is 57.9 Å². The lowest BCUT2D eigenvalue weighted by Crippen LogP contribution is -2.58. The fraction of sp³-hybridized carbons (Fsp3) is 0.633. The van der Waals surface area contributed by atoms with Gasteiger partial charge in [-0.15, -0.1) is 0 Å². The van der Waals surface area contributed by atoms with Gasteiger partial charge in [-0.05, 0) is 20.8 Å². The molecule has 1 N–H and O–H groups in total. The highest BCUT2D eigenvalue weighted by Gasteiger charge is 2.71. The van der Waals surface area contributed by atoms with Gasteiger partial charge in [0.15, 0.2) is 41.1 Å². The second kappa shape index (κ2) is 12.8. The van der Waals surface area contributed by atoms with Crippen LogP contribution in [0.4, 0.5) is 0 Å². The zero-order chi connectivity index (χ0) is 33.2. The quantitative estimate of drug-likeness (QED) is 0.270.